The van der Waals surface area contributed by atoms with Crippen molar-refractivity contribution in [1.29, 1.82) is 0 Å². The smallest absolute Gasteiger partial charge is 0.408 e. The predicted molar refractivity (Wildman–Crippen MR) is 162 cm³/mol. The molecule has 0 radical (unpaired) electrons. The largest absolute Gasteiger partial charge is 0.467 e. The number of hydrazine groups is 1. The van der Waals surface area contributed by atoms with Crippen molar-refractivity contribution in [2.75, 3.05) is 20.2 Å². The molecule has 0 saturated carbocycles. The molecular formula is C29H39N7O9. The number of guanidine groups is 1. The molecule has 6 N–H and O–H groups in total. The van der Waals surface area contributed by atoms with Gasteiger partial charge in [-0.15, -0.1) is 0 Å². The number of nitro groups is 1. The van der Waals surface area contributed by atoms with Gasteiger partial charge in [-0.3, -0.25) is 4.79 Å². The minimum atomic E-state index is -1.09. The van der Waals surface area contributed by atoms with Gasteiger partial charge in [-0.25, -0.2) is 29.5 Å². The van der Waals surface area contributed by atoms with E-state index in [4.69, 9.17) is 19.9 Å². The molecule has 0 aromatic heterocycles. The fraction of sp³-hybridized carbons (Fsp3) is 0.414. The van der Waals surface area contributed by atoms with Gasteiger partial charge in [0, 0.05) is 13.1 Å². The van der Waals surface area contributed by atoms with Crippen LogP contribution in [0.5, 0.6) is 0 Å². The minimum Gasteiger partial charge on any atom is -0.467 e. The molecule has 2 unspecified atom stereocenters. The molecule has 2 aromatic rings. The zero-order valence-corrected chi connectivity index (χ0v) is 24.9. The van der Waals surface area contributed by atoms with Crippen LogP contribution in [-0.4, -0.2) is 67.3 Å². The number of rotatable bonds is 18. The predicted octanol–water partition coefficient (Wildman–Crippen LogP) is 1.91. The highest BCUT2D eigenvalue weighted by molar-refractivity contribution is 5.89. The Labute approximate surface area is 260 Å². The number of hydrogen-bond acceptors (Lipinski definition) is 10. The van der Waals surface area contributed by atoms with E-state index in [0.717, 1.165) is 18.2 Å². The van der Waals surface area contributed by atoms with Crippen molar-refractivity contribution in [2.24, 2.45) is 10.7 Å². The Balaban J connectivity index is 1.92. The second kappa shape index (κ2) is 20.5. The number of benzene rings is 2. The molecule has 45 heavy (non-hydrogen) atoms. The van der Waals surface area contributed by atoms with Crippen LogP contribution in [0.15, 0.2) is 65.7 Å². The summed E-state index contributed by atoms with van der Waals surface area (Å²) in [6.45, 7) is 0.404. The number of unbranched alkanes of at least 4 members (excludes halogenated alkanes) is 1. The van der Waals surface area contributed by atoms with Gasteiger partial charge in [-0.1, -0.05) is 66.1 Å². The molecule has 0 saturated heterocycles. The van der Waals surface area contributed by atoms with E-state index in [1.54, 1.807) is 29.7 Å². The number of nitrogens with zero attached hydrogens (tertiary/aromatic N) is 2. The van der Waals surface area contributed by atoms with Gasteiger partial charge in [0.15, 0.2) is 5.03 Å². The van der Waals surface area contributed by atoms with E-state index < -0.39 is 47.1 Å². The Bertz CT molecular complexity index is 1260. The lowest BCUT2D eigenvalue weighted by Crippen LogP contribution is -2.52. The van der Waals surface area contributed by atoms with Crippen LogP contribution in [0.25, 0.3) is 0 Å². The molecule has 0 bridgehead atoms. The van der Waals surface area contributed by atoms with Crippen LogP contribution in [0.3, 0.4) is 0 Å². The van der Waals surface area contributed by atoms with Crippen molar-refractivity contribution >= 4 is 30.0 Å². The van der Waals surface area contributed by atoms with Crippen LogP contribution in [-0.2, 0) is 37.0 Å². The van der Waals surface area contributed by atoms with Crippen LogP contribution < -0.4 is 27.1 Å². The van der Waals surface area contributed by atoms with Crippen LogP contribution in [0.2, 0.25) is 0 Å². The molecule has 0 spiro atoms. The van der Waals surface area contributed by atoms with Gasteiger partial charge in [-0.2, -0.15) is 0 Å². The first-order valence-electron chi connectivity index (χ1n) is 14.2. The summed E-state index contributed by atoms with van der Waals surface area (Å²) in [5.41, 5.74) is 8.69. The summed E-state index contributed by atoms with van der Waals surface area (Å²) >= 11 is 0. The minimum absolute atomic E-state index is 0.0181. The Morgan fingerprint density at radius 3 is 2.00 bits per heavy atom. The molecule has 0 aliphatic carbocycles. The molecule has 0 aliphatic rings. The zero-order valence-electron chi connectivity index (χ0n) is 24.9. The van der Waals surface area contributed by atoms with Crippen molar-refractivity contribution in [2.45, 2.75) is 57.4 Å². The number of nitrogens with two attached hydrogens (primary N) is 1. The SMILES string of the molecule is COC(=O)C(CCCN=C(N)N[N+](=O)[O-])NC(=O)C(CCCCNC(=O)OCc1ccccc1)NC(=O)OCc1ccccc1. The molecule has 3 amide bonds. The Hall–Kier alpha value is -5.41. The monoisotopic (exact) mass is 629 g/mol. The van der Waals surface area contributed by atoms with E-state index >= 15 is 0 Å². The van der Waals surface area contributed by atoms with E-state index in [2.05, 4.69) is 20.9 Å². The van der Waals surface area contributed by atoms with Crippen molar-refractivity contribution in [3.8, 4) is 0 Å². The number of amides is 3. The van der Waals surface area contributed by atoms with E-state index in [-0.39, 0.29) is 45.6 Å². The van der Waals surface area contributed by atoms with Crippen LogP contribution in [0, 0.1) is 10.1 Å². The van der Waals surface area contributed by atoms with Gasteiger partial charge in [0.1, 0.15) is 25.3 Å². The van der Waals surface area contributed by atoms with Gasteiger partial charge < -0.3 is 35.9 Å². The summed E-state index contributed by atoms with van der Waals surface area (Å²) in [5, 5.41) is 17.3. The molecular weight excluding hydrogens is 590 g/mol. The van der Waals surface area contributed by atoms with Crippen LogP contribution in [0.1, 0.15) is 43.2 Å². The first-order chi connectivity index (χ1) is 21.7. The summed E-state index contributed by atoms with van der Waals surface area (Å²) in [5.74, 6) is -1.79. The third-order valence-corrected chi connectivity index (χ3v) is 6.16. The second-order valence-corrected chi connectivity index (χ2v) is 9.61. The lowest BCUT2D eigenvalue weighted by atomic mass is 10.1. The van der Waals surface area contributed by atoms with Crippen molar-refractivity contribution in [3.63, 3.8) is 0 Å². The standard InChI is InChI=1S/C29H39N7O9/c1-43-26(38)24(16-10-18-31-27(30)35-36(41)42)33-25(37)23(34-29(40)45-20-22-13-6-3-7-14-22)15-8-9-17-32-28(39)44-19-21-11-4-2-5-12-21/h2-7,11-14,23-24H,8-10,15-20H2,1H3,(H,32,39)(H,33,37)(H,34,40)(H3,30,31,35). The molecule has 2 aromatic carbocycles. The lowest BCUT2D eigenvalue weighted by Gasteiger charge is -2.22. The number of carbonyl (C=O) groups is 4. The topological polar surface area (TPSA) is 226 Å². The maximum Gasteiger partial charge on any atom is 0.408 e. The Kier molecular flexibility index (Phi) is 16.3. The highest BCUT2D eigenvalue weighted by atomic mass is 16.7. The Morgan fingerprint density at radius 2 is 1.42 bits per heavy atom. The average molecular weight is 630 g/mol. The van der Waals surface area contributed by atoms with E-state index in [1.165, 1.54) is 0 Å². The summed E-state index contributed by atoms with van der Waals surface area (Å²) in [7, 11) is 1.16. The fourth-order valence-electron chi connectivity index (χ4n) is 3.90. The molecule has 0 fully saturated rings. The third kappa shape index (κ3) is 15.6. The van der Waals surface area contributed by atoms with Crippen molar-refractivity contribution < 1.29 is 38.4 Å². The number of hydrogen-bond donors (Lipinski definition) is 5. The van der Waals surface area contributed by atoms with Crippen molar-refractivity contribution in [1.82, 2.24) is 21.4 Å². The Morgan fingerprint density at radius 1 is 0.844 bits per heavy atom. The molecule has 16 heteroatoms. The maximum atomic E-state index is 13.2. The zero-order chi connectivity index (χ0) is 32.9. The van der Waals surface area contributed by atoms with Gasteiger partial charge in [0.05, 0.1) is 7.11 Å². The second-order valence-electron chi connectivity index (χ2n) is 9.61. The molecule has 16 nitrogen and oxygen atoms in total. The molecule has 2 atom stereocenters. The molecule has 2 rings (SSSR count). The van der Waals surface area contributed by atoms with Gasteiger partial charge in [-0.05, 0) is 43.2 Å². The van der Waals surface area contributed by atoms with Crippen LogP contribution in [0.4, 0.5) is 9.59 Å². The maximum absolute atomic E-state index is 13.2. The lowest BCUT2D eigenvalue weighted by molar-refractivity contribution is -0.525. The van der Waals surface area contributed by atoms with Crippen LogP contribution >= 0.6 is 0 Å². The van der Waals surface area contributed by atoms with E-state index in [1.807, 2.05) is 36.4 Å². The number of aliphatic imine (C=N–C) groups is 1. The first-order valence-corrected chi connectivity index (χ1v) is 14.2. The van der Waals surface area contributed by atoms with E-state index in [9.17, 15) is 29.3 Å². The third-order valence-electron chi connectivity index (χ3n) is 6.16. The number of esters is 1. The number of ether oxygens (including phenoxy) is 3. The summed E-state index contributed by atoms with van der Waals surface area (Å²) in [6.07, 6.45) is -0.0819. The molecule has 0 heterocycles. The number of nitrogens with one attached hydrogen (secondary N) is 4. The highest BCUT2D eigenvalue weighted by Crippen LogP contribution is 2.07. The number of alkyl carbamates (subject to hydrolysis) is 2. The van der Waals surface area contributed by atoms with Crippen molar-refractivity contribution in [3.05, 3.63) is 81.9 Å². The molecule has 0 aliphatic heterocycles. The van der Waals surface area contributed by atoms with Gasteiger partial charge in [0.25, 0.3) is 5.96 Å². The normalized spacial score (nSPS) is 12.2. The van der Waals surface area contributed by atoms with E-state index in [0.29, 0.717) is 12.8 Å². The molecule has 244 valence electrons. The summed E-state index contributed by atoms with van der Waals surface area (Å²) in [4.78, 5) is 64.4. The fourth-order valence-corrected chi connectivity index (χ4v) is 3.90. The van der Waals surface area contributed by atoms with Gasteiger partial charge in [0.2, 0.25) is 5.91 Å². The quantitative estimate of drug-likeness (QED) is 0.0304. The van der Waals surface area contributed by atoms with Gasteiger partial charge >= 0.3 is 18.2 Å². The average Bonchev–Trinajstić information content (AvgIpc) is 3.03. The number of methoxy groups -OCH3 is 1. The summed E-state index contributed by atoms with van der Waals surface area (Å²) < 4.78 is 15.2. The number of carbonyl (C=O) groups excluding carboxylic acids is 4. The summed E-state index contributed by atoms with van der Waals surface area (Å²) in [6, 6.07) is 16.0. The first kappa shape index (κ1) is 35.8. The highest BCUT2D eigenvalue weighted by Gasteiger charge is 2.27.